The number of rotatable bonds is 2. The van der Waals surface area contributed by atoms with Crippen LogP contribution in [0.4, 0.5) is 0 Å². The van der Waals surface area contributed by atoms with E-state index < -0.39 is 0 Å². The zero-order valence-corrected chi connectivity index (χ0v) is 12.1. The number of hydrogen-bond acceptors (Lipinski definition) is 2. The molecule has 0 aliphatic carbocycles. The molecule has 0 fully saturated rings. The van der Waals surface area contributed by atoms with Crippen molar-refractivity contribution in [2.75, 3.05) is 0 Å². The van der Waals surface area contributed by atoms with Gasteiger partial charge in [0.05, 0.1) is 11.3 Å². The van der Waals surface area contributed by atoms with Gasteiger partial charge in [0.15, 0.2) is 0 Å². The molecule has 2 aromatic heterocycles. The summed E-state index contributed by atoms with van der Waals surface area (Å²) in [6, 6.07) is 20.3. The van der Waals surface area contributed by atoms with Crippen LogP contribution in [-0.4, -0.2) is 14.6 Å². The van der Waals surface area contributed by atoms with Crippen LogP contribution >= 0.6 is 0 Å². The molecule has 5 nitrogen and oxygen atoms in total. The van der Waals surface area contributed by atoms with E-state index in [1.54, 1.807) is 0 Å². The molecule has 23 heavy (non-hydrogen) atoms. The lowest BCUT2D eigenvalue weighted by atomic mass is 10.1. The van der Waals surface area contributed by atoms with Crippen LogP contribution in [0.15, 0.2) is 76.3 Å². The number of aromatic nitrogens is 3. The van der Waals surface area contributed by atoms with Crippen molar-refractivity contribution < 1.29 is 0 Å². The fraction of sp³-hybridized carbons (Fsp3) is 0. The van der Waals surface area contributed by atoms with Crippen LogP contribution in [0.25, 0.3) is 28.0 Å². The van der Waals surface area contributed by atoms with Crippen molar-refractivity contribution in [3.63, 3.8) is 0 Å². The van der Waals surface area contributed by atoms with Crippen molar-refractivity contribution in [1.29, 1.82) is 0 Å². The number of fused-ring (bicyclic) bond motifs is 1. The van der Waals surface area contributed by atoms with Gasteiger partial charge in [-0.2, -0.15) is 4.52 Å². The number of hydrogen-bond donors (Lipinski definition) is 2. The summed E-state index contributed by atoms with van der Waals surface area (Å²) >= 11 is 0. The highest BCUT2D eigenvalue weighted by Crippen LogP contribution is 2.21. The summed E-state index contributed by atoms with van der Waals surface area (Å²) in [6.45, 7) is 0. The Morgan fingerprint density at radius 3 is 2.04 bits per heavy atom. The molecule has 0 saturated heterocycles. The summed E-state index contributed by atoms with van der Waals surface area (Å²) in [5.41, 5.74) is 2.67. The first-order chi connectivity index (χ1) is 11.2. The van der Waals surface area contributed by atoms with Gasteiger partial charge in [-0.1, -0.05) is 60.7 Å². The van der Waals surface area contributed by atoms with Gasteiger partial charge in [0.2, 0.25) is 0 Å². The van der Waals surface area contributed by atoms with Crippen molar-refractivity contribution in [2.45, 2.75) is 0 Å². The maximum absolute atomic E-state index is 12.3. The number of nitrogens with one attached hydrogen (secondary N) is 2. The predicted molar refractivity (Wildman–Crippen MR) is 89.5 cm³/mol. The van der Waals surface area contributed by atoms with Gasteiger partial charge < -0.3 is 4.98 Å². The van der Waals surface area contributed by atoms with Crippen LogP contribution in [0, 0.1) is 0 Å². The number of benzene rings is 2. The van der Waals surface area contributed by atoms with E-state index in [1.807, 2.05) is 60.7 Å². The van der Waals surface area contributed by atoms with E-state index in [9.17, 15) is 9.59 Å². The van der Waals surface area contributed by atoms with E-state index in [2.05, 4.69) is 10.1 Å². The smallest absolute Gasteiger partial charge is 0.274 e. The molecular weight excluding hydrogens is 290 g/mol. The monoisotopic (exact) mass is 303 g/mol. The molecule has 0 spiro atoms. The van der Waals surface area contributed by atoms with Gasteiger partial charge in [-0.15, -0.1) is 0 Å². The Morgan fingerprint density at radius 2 is 1.39 bits per heavy atom. The zero-order valence-electron chi connectivity index (χ0n) is 12.1. The average molecular weight is 303 g/mol. The lowest BCUT2D eigenvalue weighted by Crippen LogP contribution is -2.15. The third-order valence-electron chi connectivity index (χ3n) is 3.79. The first kappa shape index (κ1) is 13.3. The highest BCUT2D eigenvalue weighted by Gasteiger charge is 2.14. The molecule has 0 unspecified atom stereocenters. The summed E-state index contributed by atoms with van der Waals surface area (Å²) in [5.74, 6) is 0. The van der Waals surface area contributed by atoms with Crippen molar-refractivity contribution in [2.24, 2.45) is 0 Å². The highest BCUT2D eigenvalue weighted by molar-refractivity contribution is 5.78. The van der Waals surface area contributed by atoms with Gasteiger partial charge in [0, 0.05) is 6.07 Å². The molecule has 0 radical (unpaired) electrons. The molecular formula is C18H13N3O2. The Labute approximate surface area is 130 Å². The molecule has 5 heteroatoms. The highest BCUT2D eigenvalue weighted by atomic mass is 16.1. The van der Waals surface area contributed by atoms with Crippen molar-refractivity contribution in [3.05, 3.63) is 87.4 Å². The second-order valence-corrected chi connectivity index (χ2v) is 5.25. The van der Waals surface area contributed by atoms with E-state index >= 15 is 0 Å². The molecule has 112 valence electrons. The minimum absolute atomic E-state index is 0.281. The number of H-pyrrole nitrogens is 2. The van der Waals surface area contributed by atoms with Crippen LogP contribution in [0.3, 0.4) is 0 Å². The minimum Gasteiger partial charge on any atom is -0.339 e. The Hall–Kier alpha value is -3.34. The maximum Gasteiger partial charge on any atom is 0.274 e. The lowest BCUT2D eigenvalue weighted by molar-refractivity contribution is 0.884. The van der Waals surface area contributed by atoms with Crippen molar-refractivity contribution in [1.82, 2.24) is 14.6 Å². The molecule has 2 aromatic carbocycles. The van der Waals surface area contributed by atoms with Gasteiger partial charge in [-0.05, 0) is 11.1 Å². The Balaban J connectivity index is 2.06. The molecule has 0 amide bonds. The zero-order chi connectivity index (χ0) is 15.8. The van der Waals surface area contributed by atoms with Crippen LogP contribution < -0.4 is 11.1 Å². The number of aromatic amines is 2. The molecule has 2 heterocycles. The molecule has 2 N–H and O–H groups in total. The van der Waals surface area contributed by atoms with Crippen LogP contribution in [-0.2, 0) is 0 Å². The third-order valence-corrected chi connectivity index (χ3v) is 3.79. The normalized spacial score (nSPS) is 11.0. The summed E-state index contributed by atoms with van der Waals surface area (Å²) in [7, 11) is 0. The molecule has 0 atom stereocenters. The SMILES string of the molecule is O=c1[nH]n2c(=O)cc(-c3ccccc3)[nH]c2c1-c1ccccc1. The second kappa shape index (κ2) is 5.14. The standard InChI is InChI=1S/C18H13N3O2/c22-15-11-14(12-7-3-1-4-8-12)19-17-16(18(23)20-21(15)17)13-9-5-2-6-10-13/h1-11,19H,(H,20,23). The molecule has 0 aliphatic heterocycles. The Kier molecular flexibility index (Phi) is 2.98. The van der Waals surface area contributed by atoms with Gasteiger partial charge in [-0.25, -0.2) is 0 Å². The Morgan fingerprint density at radius 1 is 0.783 bits per heavy atom. The van der Waals surface area contributed by atoms with E-state index in [0.29, 0.717) is 16.9 Å². The summed E-state index contributed by atoms with van der Waals surface area (Å²) in [6.07, 6.45) is 0. The molecule has 0 bridgehead atoms. The van der Waals surface area contributed by atoms with Gasteiger partial charge in [0.1, 0.15) is 5.65 Å². The maximum atomic E-state index is 12.3. The Bertz CT molecular complexity index is 1090. The van der Waals surface area contributed by atoms with Crippen LogP contribution in [0.5, 0.6) is 0 Å². The average Bonchev–Trinajstić information content (AvgIpc) is 2.93. The molecule has 0 saturated carbocycles. The number of nitrogens with zero attached hydrogens (tertiary/aromatic N) is 1. The molecule has 0 aliphatic rings. The molecule has 4 aromatic rings. The van der Waals surface area contributed by atoms with E-state index in [4.69, 9.17) is 0 Å². The fourth-order valence-electron chi connectivity index (χ4n) is 2.71. The third kappa shape index (κ3) is 2.19. The first-order valence-electron chi connectivity index (χ1n) is 7.23. The summed E-state index contributed by atoms with van der Waals surface area (Å²) < 4.78 is 1.25. The van der Waals surface area contributed by atoms with Crippen LogP contribution in [0.1, 0.15) is 0 Å². The van der Waals surface area contributed by atoms with E-state index in [0.717, 1.165) is 11.1 Å². The fourth-order valence-corrected chi connectivity index (χ4v) is 2.71. The van der Waals surface area contributed by atoms with Crippen molar-refractivity contribution >= 4 is 5.65 Å². The van der Waals surface area contributed by atoms with Crippen LogP contribution in [0.2, 0.25) is 0 Å². The quantitative estimate of drug-likeness (QED) is 0.597. The minimum atomic E-state index is -0.297. The van der Waals surface area contributed by atoms with Gasteiger partial charge >= 0.3 is 0 Å². The topological polar surface area (TPSA) is 70.1 Å². The second-order valence-electron chi connectivity index (χ2n) is 5.25. The molecule has 4 rings (SSSR count). The van der Waals surface area contributed by atoms with Gasteiger partial charge in [-0.3, -0.25) is 14.7 Å². The van der Waals surface area contributed by atoms with E-state index in [-0.39, 0.29) is 11.1 Å². The summed E-state index contributed by atoms with van der Waals surface area (Å²) in [4.78, 5) is 27.8. The predicted octanol–water partition coefficient (Wildman–Crippen LogP) is 2.65. The summed E-state index contributed by atoms with van der Waals surface area (Å²) in [5, 5.41) is 2.59. The lowest BCUT2D eigenvalue weighted by Gasteiger charge is -2.04. The van der Waals surface area contributed by atoms with Gasteiger partial charge in [0.25, 0.3) is 11.1 Å². The van der Waals surface area contributed by atoms with Crippen molar-refractivity contribution in [3.8, 4) is 22.4 Å². The van der Waals surface area contributed by atoms with E-state index in [1.165, 1.54) is 10.6 Å². The largest absolute Gasteiger partial charge is 0.339 e. The first-order valence-corrected chi connectivity index (χ1v) is 7.23.